The van der Waals surface area contributed by atoms with Gasteiger partial charge in [0, 0.05) is 23.6 Å². The molecule has 0 aliphatic heterocycles. The van der Waals surface area contributed by atoms with Crippen molar-refractivity contribution in [3.05, 3.63) is 18.0 Å². The van der Waals surface area contributed by atoms with Crippen LogP contribution in [0.5, 0.6) is 0 Å². The highest BCUT2D eigenvalue weighted by Crippen LogP contribution is 2.17. The highest BCUT2D eigenvalue weighted by atomic mass is 79.9. The van der Waals surface area contributed by atoms with Gasteiger partial charge in [0.25, 0.3) is 5.91 Å². The first-order valence-corrected chi connectivity index (χ1v) is 5.71. The number of hydrogen-bond acceptors (Lipinski definition) is 2. The minimum Gasteiger partial charge on any atom is -0.345 e. The maximum absolute atomic E-state index is 11.8. The lowest BCUT2D eigenvalue weighted by molar-refractivity contribution is 0.0908. The van der Waals surface area contributed by atoms with E-state index in [4.69, 9.17) is 0 Å². The van der Waals surface area contributed by atoms with Gasteiger partial charge in [0.1, 0.15) is 5.69 Å². The second-order valence-electron chi connectivity index (χ2n) is 4.17. The average molecular weight is 274 g/mol. The van der Waals surface area contributed by atoms with Crippen LogP contribution in [-0.4, -0.2) is 26.1 Å². The minimum atomic E-state index is -0.297. The van der Waals surface area contributed by atoms with Gasteiger partial charge in [0.05, 0.1) is 0 Å². The maximum Gasteiger partial charge on any atom is 0.272 e. The molecule has 4 nitrogen and oxygen atoms in total. The lowest BCUT2D eigenvalue weighted by atomic mass is 10.0. The van der Waals surface area contributed by atoms with Gasteiger partial charge in [-0.3, -0.25) is 9.48 Å². The van der Waals surface area contributed by atoms with E-state index in [0.29, 0.717) is 5.69 Å². The highest BCUT2D eigenvalue weighted by molar-refractivity contribution is 9.09. The van der Waals surface area contributed by atoms with Crippen LogP contribution in [-0.2, 0) is 7.05 Å². The number of amides is 1. The number of nitrogens with one attached hydrogen (secondary N) is 1. The van der Waals surface area contributed by atoms with E-state index in [-0.39, 0.29) is 16.3 Å². The predicted octanol–water partition coefficient (Wildman–Crippen LogP) is 1.71. The van der Waals surface area contributed by atoms with Crippen LogP contribution in [0.1, 0.15) is 31.3 Å². The molecule has 0 saturated carbocycles. The number of nitrogens with zero attached hydrogens (tertiary/aromatic N) is 2. The first-order valence-electron chi connectivity index (χ1n) is 4.79. The topological polar surface area (TPSA) is 46.9 Å². The van der Waals surface area contributed by atoms with Crippen LogP contribution in [0.3, 0.4) is 0 Å². The number of hydrogen-bond donors (Lipinski definition) is 1. The van der Waals surface area contributed by atoms with E-state index in [2.05, 4.69) is 26.3 Å². The van der Waals surface area contributed by atoms with Crippen molar-refractivity contribution in [2.75, 3.05) is 0 Å². The van der Waals surface area contributed by atoms with E-state index >= 15 is 0 Å². The zero-order valence-electron chi connectivity index (χ0n) is 9.41. The number of aryl methyl sites for hydroxylation is 1. The molecule has 1 N–H and O–H groups in total. The molecule has 0 aromatic carbocycles. The molecule has 0 aliphatic rings. The molecule has 1 heterocycles. The van der Waals surface area contributed by atoms with E-state index in [1.165, 1.54) is 0 Å². The second kappa shape index (κ2) is 4.35. The van der Waals surface area contributed by atoms with E-state index in [1.807, 2.05) is 20.8 Å². The Bertz CT molecular complexity index is 357. The predicted molar refractivity (Wildman–Crippen MR) is 63.1 cm³/mol. The molecule has 0 spiro atoms. The Morgan fingerprint density at radius 3 is 2.67 bits per heavy atom. The van der Waals surface area contributed by atoms with Crippen molar-refractivity contribution < 1.29 is 4.79 Å². The molecule has 0 aliphatic carbocycles. The molecule has 0 saturated heterocycles. The fraction of sp³-hybridized carbons (Fsp3) is 0.600. The summed E-state index contributed by atoms with van der Waals surface area (Å²) >= 11 is 3.46. The number of carbonyl (C=O) groups excluding carboxylic acids is 1. The summed E-state index contributed by atoms with van der Waals surface area (Å²) in [6, 6.07) is 1.70. The molecule has 15 heavy (non-hydrogen) atoms. The summed E-state index contributed by atoms with van der Waals surface area (Å²) in [5.74, 6) is -0.146. The Morgan fingerprint density at radius 2 is 2.27 bits per heavy atom. The molecule has 5 heteroatoms. The smallest absolute Gasteiger partial charge is 0.272 e. The number of rotatable bonds is 3. The van der Waals surface area contributed by atoms with Gasteiger partial charge in [-0.2, -0.15) is 5.10 Å². The van der Waals surface area contributed by atoms with Gasteiger partial charge in [0.15, 0.2) is 0 Å². The van der Waals surface area contributed by atoms with Crippen molar-refractivity contribution in [1.29, 1.82) is 0 Å². The fourth-order valence-electron chi connectivity index (χ4n) is 0.992. The number of carbonyl (C=O) groups is 1. The molecule has 1 aromatic rings. The van der Waals surface area contributed by atoms with Crippen molar-refractivity contribution in [2.24, 2.45) is 7.05 Å². The first kappa shape index (κ1) is 12.2. The van der Waals surface area contributed by atoms with Crippen molar-refractivity contribution in [3.8, 4) is 0 Å². The van der Waals surface area contributed by atoms with E-state index < -0.39 is 0 Å². The summed E-state index contributed by atoms with van der Waals surface area (Å²) in [4.78, 5) is 12.0. The quantitative estimate of drug-likeness (QED) is 0.853. The largest absolute Gasteiger partial charge is 0.345 e. The summed E-state index contributed by atoms with van der Waals surface area (Å²) in [6.45, 7) is 5.93. The standard InChI is InChI=1S/C10H16BrN3O/c1-7(11)10(2,3)12-9(15)8-5-6-14(4)13-8/h5-7H,1-4H3,(H,12,15). The minimum absolute atomic E-state index is 0.146. The molecule has 84 valence electrons. The fourth-order valence-corrected chi connectivity index (χ4v) is 1.11. The number of halogens is 1. The van der Waals surface area contributed by atoms with Crippen molar-refractivity contribution in [2.45, 2.75) is 31.1 Å². The third-order valence-corrected chi connectivity index (χ3v) is 3.52. The van der Waals surface area contributed by atoms with Gasteiger partial charge in [0.2, 0.25) is 0 Å². The Labute approximate surface area is 98.2 Å². The third kappa shape index (κ3) is 3.06. The Morgan fingerprint density at radius 1 is 1.67 bits per heavy atom. The van der Waals surface area contributed by atoms with Gasteiger partial charge < -0.3 is 5.32 Å². The summed E-state index contributed by atoms with van der Waals surface area (Å²) in [5, 5.41) is 6.97. The highest BCUT2D eigenvalue weighted by Gasteiger charge is 2.26. The van der Waals surface area contributed by atoms with Gasteiger partial charge in [-0.05, 0) is 19.9 Å². The summed E-state index contributed by atoms with van der Waals surface area (Å²) in [5.41, 5.74) is 0.146. The summed E-state index contributed by atoms with van der Waals surface area (Å²) in [7, 11) is 1.79. The van der Waals surface area contributed by atoms with E-state index in [0.717, 1.165) is 0 Å². The van der Waals surface area contributed by atoms with Gasteiger partial charge in [-0.15, -0.1) is 0 Å². The monoisotopic (exact) mass is 273 g/mol. The van der Waals surface area contributed by atoms with Crippen LogP contribution in [0, 0.1) is 0 Å². The average Bonchev–Trinajstić information content (AvgIpc) is 2.50. The molecule has 1 rings (SSSR count). The van der Waals surface area contributed by atoms with Crippen molar-refractivity contribution in [1.82, 2.24) is 15.1 Å². The molecule has 0 bridgehead atoms. The Hall–Kier alpha value is -0.840. The Kier molecular flexibility index (Phi) is 3.54. The first-order chi connectivity index (χ1) is 6.83. The molecule has 1 atom stereocenters. The molecule has 1 unspecified atom stereocenters. The normalized spacial score (nSPS) is 13.7. The third-order valence-electron chi connectivity index (χ3n) is 2.38. The lowest BCUT2D eigenvalue weighted by Gasteiger charge is -2.28. The van der Waals surface area contributed by atoms with E-state index in [9.17, 15) is 4.79 Å². The van der Waals surface area contributed by atoms with Crippen LogP contribution in [0.25, 0.3) is 0 Å². The number of alkyl halides is 1. The SMILES string of the molecule is CC(Br)C(C)(C)NC(=O)c1ccn(C)n1. The maximum atomic E-state index is 11.8. The molecule has 1 aromatic heterocycles. The van der Waals surface area contributed by atoms with Crippen molar-refractivity contribution >= 4 is 21.8 Å². The van der Waals surface area contributed by atoms with Gasteiger partial charge >= 0.3 is 0 Å². The molecular formula is C10H16BrN3O. The van der Waals surface area contributed by atoms with Crippen LogP contribution >= 0.6 is 15.9 Å². The Balaban J connectivity index is 2.72. The zero-order valence-corrected chi connectivity index (χ0v) is 11.0. The molecule has 0 fully saturated rings. The van der Waals surface area contributed by atoms with Crippen molar-refractivity contribution in [3.63, 3.8) is 0 Å². The van der Waals surface area contributed by atoms with Gasteiger partial charge in [-0.25, -0.2) is 0 Å². The lowest BCUT2D eigenvalue weighted by Crippen LogP contribution is -2.48. The zero-order chi connectivity index (χ0) is 11.6. The van der Waals surface area contributed by atoms with Crippen LogP contribution in [0.4, 0.5) is 0 Å². The number of aromatic nitrogens is 2. The molecular weight excluding hydrogens is 258 g/mol. The summed E-state index contributed by atoms with van der Waals surface area (Å²) in [6.07, 6.45) is 1.75. The molecule has 0 radical (unpaired) electrons. The van der Waals surface area contributed by atoms with E-state index in [1.54, 1.807) is 24.0 Å². The summed E-state index contributed by atoms with van der Waals surface area (Å²) < 4.78 is 1.61. The second-order valence-corrected chi connectivity index (χ2v) is 5.54. The van der Waals surface area contributed by atoms with Crippen LogP contribution in [0.2, 0.25) is 0 Å². The van der Waals surface area contributed by atoms with Crippen LogP contribution in [0.15, 0.2) is 12.3 Å². The molecule has 1 amide bonds. The van der Waals surface area contributed by atoms with Gasteiger partial charge in [-0.1, -0.05) is 22.9 Å². The van der Waals surface area contributed by atoms with Crippen LogP contribution < -0.4 is 5.32 Å².